The standard InChI is InChI=1S/C9H10N2O/c1-6(12)7-4-2-3-5-8(7)9(10)11/h2-5H,1H3,(H3,10,11). The molecule has 0 aliphatic carbocycles. The highest BCUT2D eigenvalue weighted by Gasteiger charge is 2.07. The number of hydrogen-bond acceptors (Lipinski definition) is 2. The summed E-state index contributed by atoms with van der Waals surface area (Å²) in [6, 6.07) is 6.84. The minimum atomic E-state index is -0.0687. The van der Waals surface area contributed by atoms with Crippen molar-refractivity contribution in [2.24, 2.45) is 5.73 Å². The zero-order valence-corrected chi connectivity index (χ0v) is 6.79. The zero-order chi connectivity index (χ0) is 9.14. The van der Waals surface area contributed by atoms with E-state index in [1.54, 1.807) is 24.3 Å². The Morgan fingerprint density at radius 3 is 2.17 bits per heavy atom. The summed E-state index contributed by atoms with van der Waals surface area (Å²) >= 11 is 0. The summed E-state index contributed by atoms with van der Waals surface area (Å²) in [6.07, 6.45) is 0. The second-order valence-electron chi connectivity index (χ2n) is 2.52. The fourth-order valence-corrected chi connectivity index (χ4v) is 1.02. The third kappa shape index (κ3) is 1.50. The predicted molar refractivity (Wildman–Crippen MR) is 47.5 cm³/mol. The Bertz CT molecular complexity index is 298. The van der Waals surface area contributed by atoms with E-state index in [2.05, 4.69) is 0 Å². The number of nitrogens with one attached hydrogen (secondary N) is 1. The van der Waals surface area contributed by atoms with E-state index in [9.17, 15) is 4.79 Å². The first-order chi connectivity index (χ1) is 5.63. The van der Waals surface area contributed by atoms with Gasteiger partial charge in [-0.05, 0) is 6.92 Å². The number of rotatable bonds is 2. The normalized spacial score (nSPS) is 9.42. The van der Waals surface area contributed by atoms with Crippen LogP contribution >= 0.6 is 0 Å². The van der Waals surface area contributed by atoms with Gasteiger partial charge in [-0.1, -0.05) is 24.3 Å². The van der Waals surface area contributed by atoms with Crippen LogP contribution in [0.15, 0.2) is 24.3 Å². The van der Waals surface area contributed by atoms with E-state index in [1.807, 2.05) is 0 Å². The highest BCUT2D eigenvalue weighted by Crippen LogP contribution is 2.07. The Morgan fingerprint density at radius 2 is 1.83 bits per heavy atom. The average molecular weight is 162 g/mol. The summed E-state index contributed by atoms with van der Waals surface area (Å²) < 4.78 is 0. The van der Waals surface area contributed by atoms with Gasteiger partial charge in [-0.25, -0.2) is 0 Å². The molecule has 1 rings (SSSR count). The average Bonchev–Trinajstić information content (AvgIpc) is 2.04. The van der Waals surface area contributed by atoms with Gasteiger partial charge in [0.15, 0.2) is 5.78 Å². The summed E-state index contributed by atoms with van der Waals surface area (Å²) in [7, 11) is 0. The summed E-state index contributed by atoms with van der Waals surface area (Å²) in [5, 5.41) is 7.20. The van der Waals surface area contributed by atoms with E-state index in [1.165, 1.54) is 6.92 Å². The summed E-state index contributed by atoms with van der Waals surface area (Å²) in [6.45, 7) is 1.46. The quantitative estimate of drug-likeness (QED) is 0.389. The molecule has 0 saturated heterocycles. The van der Waals surface area contributed by atoms with Crippen LogP contribution in [0.5, 0.6) is 0 Å². The molecule has 0 heterocycles. The number of benzene rings is 1. The summed E-state index contributed by atoms with van der Waals surface area (Å²) in [4.78, 5) is 11.0. The van der Waals surface area contributed by atoms with Crippen LogP contribution in [0.4, 0.5) is 0 Å². The van der Waals surface area contributed by atoms with Gasteiger partial charge in [0.25, 0.3) is 0 Å². The highest BCUT2D eigenvalue weighted by atomic mass is 16.1. The largest absolute Gasteiger partial charge is 0.384 e. The van der Waals surface area contributed by atoms with Crippen LogP contribution in [0.2, 0.25) is 0 Å². The van der Waals surface area contributed by atoms with Crippen LogP contribution in [0.25, 0.3) is 0 Å². The van der Waals surface area contributed by atoms with Crippen molar-refractivity contribution in [2.45, 2.75) is 6.92 Å². The van der Waals surface area contributed by atoms with Gasteiger partial charge in [-0.15, -0.1) is 0 Å². The van der Waals surface area contributed by atoms with Gasteiger partial charge in [0.05, 0.1) is 0 Å². The lowest BCUT2D eigenvalue weighted by Crippen LogP contribution is -2.15. The predicted octanol–water partition coefficient (Wildman–Crippen LogP) is 1.17. The van der Waals surface area contributed by atoms with Crippen LogP contribution in [-0.4, -0.2) is 11.6 Å². The third-order valence-electron chi connectivity index (χ3n) is 1.60. The van der Waals surface area contributed by atoms with Gasteiger partial charge in [-0.2, -0.15) is 0 Å². The van der Waals surface area contributed by atoms with E-state index in [0.717, 1.165) is 0 Å². The number of carbonyl (C=O) groups is 1. The molecule has 62 valence electrons. The summed E-state index contributed by atoms with van der Waals surface area (Å²) in [5.74, 6) is -0.137. The van der Waals surface area contributed by atoms with Gasteiger partial charge in [0.2, 0.25) is 0 Å². The molecule has 0 radical (unpaired) electrons. The highest BCUT2D eigenvalue weighted by molar-refractivity contribution is 6.07. The number of amidine groups is 1. The molecule has 0 spiro atoms. The molecule has 0 unspecified atom stereocenters. The number of nitrogens with two attached hydrogens (primary N) is 1. The minimum absolute atomic E-state index is 0.0687. The van der Waals surface area contributed by atoms with Crippen LogP contribution in [-0.2, 0) is 0 Å². The Hall–Kier alpha value is -1.64. The topological polar surface area (TPSA) is 66.9 Å². The molecule has 0 bridgehead atoms. The zero-order valence-electron chi connectivity index (χ0n) is 6.79. The maximum Gasteiger partial charge on any atom is 0.160 e. The fraction of sp³-hybridized carbons (Fsp3) is 0.111. The molecule has 0 atom stereocenters. The Kier molecular flexibility index (Phi) is 2.24. The first-order valence-electron chi connectivity index (χ1n) is 3.57. The van der Waals surface area contributed by atoms with E-state index in [-0.39, 0.29) is 11.6 Å². The lowest BCUT2D eigenvalue weighted by molar-refractivity contribution is 0.101. The molecular formula is C9H10N2O. The van der Waals surface area contributed by atoms with Crippen molar-refractivity contribution >= 4 is 11.6 Å². The Morgan fingerprint density at radius 1 is 1.33 bits per heavy atom. The molecule has 3 heteroatoms. The van der Waals surface area contributed by atoms with Crippen molar-refractivity contribution in [3.63, 3.8) is 0 Å². The molecule has 3 N–H and O–H groups in total. The lowest BCUT2D eigenvalue weighted by atomic mass is 10.0. The molecule has 12 heavy (non-hydrogen) atoms. The smallest absolute Gasteiger partial charge is 0.160 e. The molecule has 0 amide bonds. The Balaban J connectivity index is 3.27. The van der Waals surface area contributed by atoms with Crippen LogP contribution in [0.1, 0.15) is 22.8 Å². The second kappa shape index (κ2) is 3.17. The number of ketones is 1. The number of carbonyl (C=O) groups excluding carboxylic acids is 1. The minimum Gasteiger partial charge on any atom is -0.384 e. The lowest BCUT2D eigenvalue weighted by Gasteiger charge is -2.02. The van der Waals surface area contributed by atoms with Gasteiger partial charge < -0.3 is 5.73 Å². The van der Waals surface area contributed by atoms with E-state index < -0.39 is 0 Å². The molecule has 3 nitrogen and oxygen atoms in total. The number of Topliss-reactive ketones (excluding diaryl/α,β-unsaturated/α-hetero) is 1. The molecule has 1 aromatic rings. The maximum absolute atomic E-state index is 11.0. The number of hydrogen-bond donors (Lipinski definition) is 2. The van der Waals surface area contributed by atoms with Crippen LogP contribution < -0.4 is 5.73 Å². The molecule has 0 aliphatic rings. The van der Waals surface area contributed by atoms with Gasteiger partial charge in [0, 0.05) is 11.1 Å². The van der Waals surface area contributed by atoms with Crippen molar-refractivity contribution in [3.8, 4) is 0 Å². The van der Waals surface area contributed by atoms with E-state index >= 15 is 0 Å². The first-order valence-corrected chi connectivity index (χ1v) is 3.57. The van der Waals surface area contributed by atoms with E-state index in [0.29, 0.717) is 11.1 Å². The van der Waals surface area contributed by atoms with Gasteiger partial charge in [-0.3, -0.25) is 10.2 Å². The molecule has 0 aliphatic heterocycles. The monoisotopic (exact) mass is 162 g/mol. The second-order valence-corrected chi connectivity index (χ2v) is 2.52. The SMILES string of the molecule is CC(=O)c1ccccc1C(=N)N. The van der Waals surface area contributed by atoms with Crippen LogP contribution in [0.3, 0.4) is 0 Å². The van der Waals surface area contributed by atoms with Gasteiger partial charge >= 0.3 is 0 Å². The van der Waals surface area contributed by atoms with Gasteiger partial charge in [0.1, 0.15) is 5.84 Å². The molecular weight excluding hydrogens is 152 g/mol. The Labute approximate surface area is 70.7 Å². The van der Waals surface area contributed by atoms with Crippen molar-refractivity contribution < 1.29 is 4.79 Å². The van der Waals surface area contributed by atoms with Crippen molar-refractivity contribution in [2.75, 3.05) is 0 Å². The molecule has 0 saturated carbocycles. The summed E-state index contributed by atoms with van der Waals surface area (Å²) in [5.41, 5.74) is 6.29. The van der Waals surface area contributed by atoms with Crippen molar-refractivity contribution in [1.29, 1.82) is 5.41 Å². The van der Waals surface area contributed by atoms with Crippen LogP contribution in [0, 0.1) is 5.41 Å². The first kappa shape index (κ1) is 8.46. The number of nitrogen functional groups attached to an aromatic ring is 1. The van der Waals surface area contributed by atoms with E-state index in [4.69, 9.17) is 11.1 Å². The third-order valence-corrected chi connectivity index (χ3v) is 1.60. The molecule has 0 fully saturated rings. The molecule has 0 aromatic heterocycles. The van der Waals surface area contributed by atoms with Crippen molar-refractivity contribution in [1.82, 2.24) is 0 Å². The molecule has 1 aromatic carbocycles. The maximum atomic E-state index is 11.0. The fourth-order valence-electron chi connectivity index (χ4n) is 1.02. The van der Waals surface area contributed by atoms with Crippen molar-refractivity contribution in [3.05, 3.63) is 35.4 Å².